The quantitative estimate of drug-likeness (QED) is 0.770. The summed E-state index contributed by atoms with van der Waals surface area (Å²) < 4.78 is 26.9. The highest BCUT2D eigenvalue weighted by atomic mass is 32.2. The minimum atomic E-state index is -0.449. The number of benzene rings is 2. The monoisotopic (exact) mass is 376 g/mol. The molecule has 1 fully saturated rings. The summed E-state index contributed by atoms with van der Waals surface area (Å²) >= 11 is 1.17. The van der Waals surface area contributed by atoms with Crippen molar-refractivity contribution in [1.82, 2.24) is 9.80 Å². The van der Waals surface area contributed by atoms with E-state index in [1.807, 2.05) is 0 Å². The summed E-state index contributed by atoms with van der Waals surface area (Å²) in [5.41, 5.74) is 0.305. The number of halogens is 2. The van der Waals surface area contributed by atoms with Gasteiger partial charge in [-0.3, -0.25) is 9.59 Å². The van der Waals surface area contributed by atoms with Crippen molar-refractivity contribution in [3.8, 4) is 0 Å². The van der Waals surface area contributed by atoms with Crippen LogP contribution in [0.15, 0.2) is 53.4 Å². The van der Waals surface area contributed by atoms with Crippen molar-refractivity contribution in [3.05, 3.63) is 65.7 Å². The Morgan fingerprint density at radius 2 is 1.62 bits per heavy atom. The maximum atomic E-state index is 13.6. The van der Waals surface area contributed by atoms with Gasteiger partial charge in [-0.15, -0.1) is 11.8 Å². The highest BCUT2D eigenvalue weighted by molar-refractivity contribution is 8.00. The third kappa shape index (κ3) is 4.40. The SMILES string of the molecule is O=C(CSc1ccccc1F)N1CCN(C(=O)c2cccc(F)c2)CC1. The van der Waals surface area contributed by atoms with Gasteiger partial charge in [-0.1, -0.05) is 18.2 Å². The number of carbonyl (C=O) groups is 2. The van der Waals surface area contributed by atoms with Crippen LogP contribution >= 0.6 is 11.8 Å². The predicted octanol–water partition coefficient (Wildman–Crippen LogP) is 3.04. The largest absolute Gasteiger partial charge is 0.338 e. The standard InChI is InChI=1S/C19H18F2N2O2S/c20-15-5-3-4-14(12-15)19(25)23-10-8-22(9-11-23)18(24)13-26-17-7-2-1-6-16(17)21/h1-7,12H,8-11,13H2. The van der Waals surface area contributed by atoms with Gasteiger partial charge < -0.3 is 9.80 Å². The van der Waals surface area contributed by atoms with Crippen LogP contribution in [0.2, 0.25) is 0 Å². The molecular formula is C19H18F2N2O2S. The van der Waals surface area contributed by atoms with Crippen LogP contribution < -0.4 is 0 Å². The molecule has 3 rings (SSSR count). The first-order chi connectivity index (χ1) is 12.5. The van der Waals surface area contributed by atoms with E-state index in [9.17, 15) is 18.4 Å². The summed E-state index contributed by atoms with van der Waals surface area (Å²) in [6.07, 6.45) is 0. The molecule has 0 aromatic heterocycles. The fourth-order valence-corrected chi connectivity index (χ4v) is 3.60. The molecule has 0 aliphatic carbocycles. The van der Waals surface area contributed by atoms with E-state index >= 15 is 0 Å². The summed E-state index contributed by atoms with van der Waals surface area (Å²) in [5.74, 6) is -0.960. The van der Waals surface area contributed by atoms with Gasteiger partial charge in [-0.05, 0) is 30.3 Å². The van der Waals surface area contributed by atoms with Crippen LogP contribution in [0.1, 0.15) is 10.4 Å². The van der Waals surface area contributed by atoms with Crippen molar-refractivity contribution in [2.75, 3.05) is 31.9 Å². The molecule has 26 heavy (non-hydrogen) atoms. The molecule has 1 aliphatic heterocycles. The van der Waals surface area contributed by atoms with E-state index in [0.29, 0.717) is 36.6 Å². The fourth-order valence-electron chi connectivity index (χ4n) is 2.76. The Bertz CT molecular complexity index is 808. The fraction of sp³-hybridized carbons (Fsp3) is 0.263. The van der Waals surface area contributed by atoms with Crippen molar-refractivity contribution in [2.45, 2.75) is 4.90 Å². The molecule has 2 amide bonds. The first-order valence-corrected chi connectivity index (χ1v) is 9.23. The van der Waals surface area contributed by atoms with Crippen molar-refractivity contribution in [2.24, 2.45) is 0 Å². The van der Waals surface area contributed by atoms with Crippen molar-refractivity contribution in [3.63, 3.8) is 0 Å². The Morgan fingerprint density at radius 1 is 0.923 bits per heavy atom. The van der Waals surface area contributed by atoms with Crippen LogP contribution in [0.3, 0.4) is 0 Å². The zero-order valence-electron chi connectivity index (χ0n) is 14.0. The number of thioether (sulfide) groups is 1. The van der Waals surface area contributed by atoms with Crippen LogP contribution in [0.5, 0.6) is 0 Å². The second-order valence-corrected chi connectivity index (χ2v) is 6.92. The molecule has 0 unspecified atom stereocenters. The van der Waals surface area contributed by atoms with E-state index in [0.717, 1.165) is 0 Å². The number of piperazine rings is 1. The van der Waals surface area contributed by atoms with E-state index in [1.54, 1.807) is 34.1 Å². The Morgan fingerprint density at radius 3 is 2.31 bits per heavy atom. The Labute approximate surface area is 154 Å². The van der Waals surface area contributed by atoms with Gasteiger partial charge in [-0.2, -0.15) is 0 Å². The Balaban J connectivity index is 1.51. The van der Waals surface area contributed by atoms with Gasteiger partial charge >= 0.3 is 0 Å². The molecule has 2 aromatic carbocycles. The summed E-state index contributed by atoms with van der Waals surface area (Å²) in [6.45, 7) is 1.62. The molecule has 0 saturated carbocycles. The third-order valence-electron chi connectivity index (χ3n) is 4.18. The average Bonchev–Trinajstić information content (AvgIpc) is 2.66. The van der Waals surface area contributed by atoms with Crippen molar-refractivity contribution in [1.29, 1.82) is 0 Å². The second kappa shape index (κ2) is 8.31. The molecule has 4 nitrogen and oxygen atoms in total. The smallest absolute Gasteiger partial charge is 0.254 e. The lowest BCUT2D eigenvalue weighted by molar-refractivity contribution is -0.129. The maximum Gasteiger partial charge on any atom is 0.254 e. The van der Waals surface area contributed by atoms with Crippen LogP contribution in [-0.2, 0) is 4.79 Å². The van der Waals surface area contributed by atoms with Gasteiger partial charge in [0.2, 0.25) is 5.91 Å². The topological polar surface area (TPSA) is 40.6 Å². The highest BCUT2D eigenvalue weighted by Crippen LogP contribution is 2.21. The molecule has 1 aliphatic rings. The van der Waals surface area contributed by atoms with Crippen LogP contribution in [0, 0.1) is 11.6 Å². The lowest BCUT2D eigenvalue weighted by Gasteiger charge is -2.34. The molecule has 0 atom stereocenters. The summed E-state index contributed by atoms with van der Waals surface area (Å²) in [4.78, 5) is 28.4. The van der Waals surface area contributed by atoms with Crippen LogP contribution in [0.4, 0.5) is 8.78 Å². The summed E-state index contributed by atoms with van der Waals surface area (Å²) in [5, 5.41) is 0. The Kier molecular flexibility index (Phi) is 5.88. The number of nitrogens with zero attached hydrogens (tertiary/aromatic N) is 2. The Hall–Kier alpha value is -2.41. The lowest BCUT2D eigenvalue weighted by Crippen LogP contribution is -2.51. The maximum absolute atomic E-state index is 13.6. The molecule has 1 saturated heterocycles. The number of hydrogen-bond acceptors (Lipinski definition) is 3. The average molecular weight is 376 g/mol. The van der Waals surface area contributed by atoms with E-state index in [2.05, 4.69) is 0 Å². The molecule has 1 heterocycles. The molecule has 0 radical (unpaired) electrons. The molecule has 2 aromatic rings. The molecule has 0 spiro atoms. The summed E-state index contributed by atoms with van der Waals surface area (Å²) in [7, 11) is 0. The highest BCUT2D eigenvalue weighted by Gasteiger charge is 2.25. The van der Waals surface area contributed by atoms with Gasteiger partial charge in [-0.25, -0.2) is 8.78 Å². The summed E-state index contributed by atoms with van der Waals surface area (Å²) in [6, 6.07) is 11.9. The molecule has 136 valence electrons. The van der Waals surface area contributed by atoms with Gasteiger partial charge in [0.1, 0.15) is 11.6 Å². The zero-order valence-corrected chi connectivity index (χ0v) is 14.8. The minimum Gasteiger partial charge on any atom is -0.338 e. The normalized spacial score (nSPS) is 14.4. The number of hydrogen-bond donors (Lipinski definition) is 0. The van der Waals surface area contributed by atoms with Gasteiger partial charge in [0.15, 0.2) is 0 Å². The second-order valence-electron chi connectivity index (χ2n) is 5.90. The molecule has 7 heteroatoms. The first-order valence-electron chi connectivity index (χ1n) is 8.24. The van der Waals surface area contributed by atoms with Gasteiger partial charge in [0.25, 0.3) is 5.91 Å². The van der Waals surface area contributed by atoms with Gasteiger partial charge in [0.05, 0.1) is 5.75 Å². The number of carbonyl (C=O) groups excluding carboxylic acids is 2. The van der Waals surface area contributed by atoms with Crippen LogP contribution in [-0.4, -0.2) is 53.5 Å². The minimum absolute atomic E-state index is 0.0869. The van der Waals surface area contributed by atoms with E-state index in [-0.39, 0.29) is 23.4 Å². The first kappa shape index (κ1) is 18.4. The molecule has 0 N–H and O–H groups in total. The zero-order chi connectivity index (χ0) is 18.5. The van der Waals surface area contributed by atoms with Crippen molar-refractivity contribution < 1.29 is 18.4 Å². The molecular weight excluding hydrogens is 358 g/mol. The predicted molar refractivity (Wildman–Crippen MR) is 96.0 cm³/mol. The number of amides is 2. The number of rotatable bonds is 4. The van der Waals surface area contributed by atoms with E-state index in [4.69, 9.17) is 0 Å². The third-order valence-corrected chi connectivity index (χ3v) is 5.21. The lowest BCUT2D eigenvalue weighted by atomic mass is 10.1. The van der Waals surface area contributed by atoms with E-state index < -0.39 is 5.82 Å². The van der Waals surface area contributed by atoms with E-state index in [1.165, 1.54) is 36.0 Å². The van der Waals surface area contributed by atoms with Crippen LogP contribution in [0.25, 0.3) is 0 Å². The van der Waals surface area contributed by atoms with Gasteiger partial charge in [0, 0.05) is 36.6 Å². The van der Waals surface area contributed by atoms with Crippen molar-refractivity contribution >= 4 is 23.6 Å². The molecule has 0 bridgehead atoms.